The Hall–Kier alpha value is -0.310. The molecule has 3 heteroatoms. The second-order valence-electron chi connectivity index (χ2n) is 1.26. The van der Waals surface area contributed by atoms with Crippen LogP contribution >= 0.6 is 15.9 Å². The van der Waals surface area contributed by atoms with E-state index < -0.39 is 0 Å². The number of hydrogen-bond acceptors (Lipinski definition) is 1. The smallest absolute Gasteiger partial charge is 0.128 e. The lowest BCUT2D eigenvalue weighted by Crippen LogP contribution is -1.83. The van der Waals surface area contributed by atoms with E-state index in [1.54, 1.807) is 4.68 Å². The third-order valence-electron chi connectivity index (χ3n) is 0.615. The van der Waals surface area contributed by atoms with Crippen molar-refractivity contribution in [3.63, 3.8) is 0 Å². The zero-order chi connectivity index (χ0) is 5.28. The average molecular weight is 160 g/mol. The van der Waals surface area contributed by atoms with Crippen molar-refractivity contribution in [3.8, 4) is 0 Å². The molecule has 0 aromatic carbocycles. The fourth-order valence-electron chi connectivity index (χ4n) is 0.348. The highest BCUT2D eigenvalue weighted by Crippen LogP contribution is 2.02. The van der Waals surface area contributed by atoms with Gasteiger partial charge in [0.15, 0.2) is 0 Å². The number of aryl methyl sites for hydroxylation is 1. The van der Waals surface area contributed by atoms with E-state index >= 15 is 0 Å². The van der Waals surface area contributed by atoms with Crippen molar-refractivity contribution in [1.82, 2.24) is 9.78 Å². The zero-order valence-corrected chi connectivity index (χ0v) is 5.44. The summed E-state index contributed by atoms with van der Waals surface area (Å²) in [4.78, 5) is 0. The summed E-state index contributed by atoms with van der Waals surface area (Å²) in [6.07, 6.45) is 4.53. The largest absolute Gasteiger partial charge is 0.274 e. The predicted molar refractivity (Wildman–Crippen MR) is 29.7 cm³/mol. The molecule has 1 aromatic rings. The van der Waals surface area contributed by atoms with Crippen molar-refractivity contribution in [1.29, 1.82) is 0 Å². The predicted octanol–water partition coefficient (Wildman–Crippen LogP) is 0.983. The Balaban J connectivity index is 3.04. The summed E-state index contributed by atoms with van der Waals surface area (Å²) in [6, 6.07) is 0. The lowest BCUT2D eigenvalue weighted by atomic mass is 10.8. The molecule has 0 N–H and O–H groups in total. The van der Waals surface area contributed by atoms with Crippen LogP contribution in [-0.4, -0.2) is 9.78 Å². The summed E-state index contributed by atoms with van der Waals surface area (Å²) >= 11 is 3.19. The average Bonchev–Trinajstić information content (AvgIpc) is 1.87. The summed E-state index contributed by atoms with van der Waals surface area (Å²) in [5, 5.41) is 3.76. The SMILES string of the molecule is Cn1cc(Br)[c]n1. The van der Waals surface area contributed by atoms with Gasteiger partial charge in [-0.2, -0.15) is 5.10 Å². The highest BCUT2D eigenvalue weighted by atomic mass is 79.9. The number of rotatable bonds is 0. The minimum absolute atomic E-state index is 0.898. The van der Waals surface area contributed by atoms with E-state index in [0.717, 1.165) is 4.47 Å². The summed E-state index contributed by atoms with van der Waals surface area (Å²) in [6.45, 7) is 0. The highest BCUT2D eigenvalue weighted by Gasteiger charge is 1.85. The third kappa shape index (κ3) is 1.03. The monoisotopic (exact) mass is 159 g/mol. The first-order valence-corrected chi connectivity index (χ1v) is 2.65. The molecule has 0 aliphatic rings. The number of aromatic nitrogens is 2. The minimum atomic E-state index is 0.898. The summed E-state index contributed by atoms with van der Waals surface area (Å²) < 4.78 is 2.58. The lowest BCUT2D eigenvalue weighted by molar-refractivity contribution is 0.765. The maximum atomic E-state index is 3.76. The molecule has 0 saturated heterocycles. The van der Waals surface area contributed by atoms with Crippen molar-refractivity contribution in [2.24, 2.45) is 7.05 Å². The van der Waals surface area contributed by atoms with Crippen LogP contribution in [-0.2, 0) is 7.05 Å². The summed E-state index contributed by atoms with van der Waals surface area (Å²) in [5.74, 6) is 0. The molecule has 0 saturated carbocycles. The van der Waals surface area contributed by atoms with Crippen LogP contribution < -0.4 is 0 Å². The van der Waals surface area contributed by atoms with Crippen LogP contribution in [0.15, 0.2) is 10.7 Å². The van der Waals surface area contributed by atoms with Crippen LogP contribution in [0.25, 0.3) is 0 Å². The van der Waals surface area contributed by atoms with Gasteiger partial charge in [0.1, 0.15) is 6.20 Å². The Bertz CT molecular complexity index is 142. The van der Waals surface area contributed by atoms with Crippen LogP contribution in [0.1, 0.15) is 0 Å². The molecule has 7 heavy (non-hydrogen) atoms. The van der Waals surface area contributed by atoms with Gasteiger partial charge in [-0.05, 0) is 15.9 Å². The van der Waals surface area contributed by atoms with Gasteiger partial charge in [-0.15, -0.1) is 0 Å². The standard InChI is InChI=1S/C4H4BrN2/c1-7-3-4(5)2-6-7/h3H,1H3. The molecule has 1 heterocycles. The van der Waals surface area contributed by atoms with Gasteiger partial charge in [-0.1, -0.05) is 0 Å². The van der Waals surface area contributed by atoms with Crippen molar-refractivity contribution >= 4 is 15.9 Å². The molecule has 0 bridgehead atoms. The maximum Gasteiger partial charge on any atom is 0.128 e. The number of halogens is 1. The molecule has 37 valence electrons. The van der Waals surface area contributed by atoms with Crippen LogP contribution in [0.3, 0.4) is 0 Å². The molecule has 1 aromatic heterocycles. The van der Waals surface area contributed by atoms with Crippen molar-refractivity contribution in [2.75, 3.05) is 0 Å². The molecular formula is C4H4BrN2. The molecular weight excluding hydrogens is 156 g/mol. The van der Waals surface area contributed by atoms with Crippen LogP contribution in [0.4, 0.5) is 0 Å². The van der Waals surface area contributed by atoms with Crippen molar-refractivity contribution in [2.45, 2.75) is 0 Å². The van der Waals surface area contributed by atoms with E-state index in [9.17, 15) is 0 Å². The quantitative estimate of drug-likeness (QED) is 0.553. The first-order chi connectivity index (χ1) is 3.29. The van der Waals surface area contributed by atoms with Crippen molar-refractivity contribution in [3.05, 3.63) is 16.9 Å². The third-order valence-corrected chi connectivity index (χ3v) is 0.997. The molecule has 0 fully saturated rings. The molecule has 2 nitrogen and oxygen atoms in total. The molecule has 0 aliphatic carbocycles. The molecule has 1 rings (SSSR count). The van der Waals surface area contributed by atoms with E-state index in [4.69, 9.17) is 0 Å². The molecule has 1 radical (unpaired) electrons. The van der Waals surface area contributed by atoms with E-state index in [1.165, 1.54) is 0 Å². The fourth-order valence-corrected chi connectivity index (χ4v) is 0.724. The Morgan fingerprint density at radius 1 is 2.00 bits per heavy atom. The lowest BCUT2D eigenvalue weighted by Gasteiger charge is -1.77. The van der Waals surface area contributed by atoms with Crippen molar-refractivity contribution < 1.29 is 0 Å². The normalized spacial score (nSPS) is 9.43. The van der Waals surface area contributed by atoms with Gasteiger partial charge in [0.2, 0.25) is 0 Å². The Labute approximate surface area is 50.3 Å². The number of hydrogen-bond donors (Lipinski definition) is 0. The molecule has 0 spiro atoms. The first-order valence-electron chi connectivity index (χ1n) is 1.86. The Kier molecular flexibility index (Phi) is 1.15. The van der Waals surface area contributed by atoms with Crippen LogP contribution in [0.2, 0.25) is 0 Å². The van der Waals surface area contributed by atoms with E-state index in [0.29, 0.717) is 0 Å². The van der Waals surface area contributed by atoms with Gasteiger partial charge < -0.3 is 0 Å². The van der Waals surface area contributed by atoms with Crippen LogP contribution in [0, 0.1) is 6.20 Å². The van der Waals surface area contributed by atoms with E-state index in [2.05, 4.69) is 27.2 Å². The Morgan fingerprint density at radius 3 is 2.86 bits per heavy atom. The van der Waals surface area contributed by atoms with Gasteiger partial charge in [-0.3, -0.25) is 4.68 Å². The van der Waals surface area contributed by atoms with Gasteiger partial charge in [0.25, 0.3) is 0 Å². The van der Waals surface area contributed by atoms with Gasteiger partial charge in [0.05, 0.1) is 4.47 Å². The first kappa shape index (κ1) is 4.84. The van der Waals surface area contributed by atoms with E-state index in [1.807, 2.05) is 13.2 Å². The second-order valence-corrected chi connectivity index (χ2v) is 2.12. The fraction of sp³-hybridized carbons (Fsp3) is 0.250. The highest BCUT2D eigenvalue weighted by molar-refractivity contribution is 9.10. The number of nitrogens with zero attached hydrogens (tertiary/aromatic N) is 2. The summed E-state index contributed by atoms with van der Waals surface area (Å²) in [7, 11) is 1.85. The molecule has 0 unspecified atom stereocenters. The molecule has 0 aliphatic heterocycles. The topological polar surface area (TPSA) is 17.8 Å². The van der Waals surface area contributed by atoms with Gasteiger partial charge >= 0.3 is 0 Å². The minimum Gasteiger partial charge on any atom is -0.274 e. The molecule has 0 atom stereocenters. The van der Waals surface area contributed by atoms with Crippen LogP contribution in [0.5, 0.6) is 0 Å². The van der Waals surface area contributed by atoms with Gasteiger partial charge in [-0.25, -0.2) is 0 Å². The zero-order valence-electron chi connectivity index (χ0n) is 3.85. The second kappa shape index (κ2) is 1.66. The Morgan fingerprint density at radius 2 is 2.71 bits per heavy atom. The maximum absolute atomic E-state index is 3.76. The molecule has 0 amide bonds. The van der Waals surface area contributed by atoms with E-state index in [-0.39, 0.29) is 0 Å². The van der Waals surface area contributed by atoms with Gasteiger partial charge in [0, 0.05) is 13.2 Å². The summed E-state index contributed by atoms with van der Waals surface area (Å²) in [5.41, 5.74) is 0.